The molecule has 2 aromatic carbocycles. The van der Waals surface area contributed by atoms with Crippen molar-refractivity contribution in [2.45, 2.75) is 12.8 Å². The molecule has 0 fully saturated rings. The topological polar surface area (TPSA) is 115 Å². The van der Waals surface area contributed by atoms with Gasteiger partial charge in [-0.15, -0.1) is 0 Å². The van der Waals surface area contributed by atoms with Gasteiger partial charge in [0.05, 0.1) is 10.9 Å². The average Bonchev–Trinajstić information content (AvgIpc) is 2.45. The SMILES string of the molecule is O=C(CCc1ccc(O)cc1)c1c(O)cccc1P(=O)(O)O. The lowest BCUT2D eigenvalue weighted by molar-refractivity contribution is 0.0981. The molecule has 0 aliphatic carbocycles. The molecule has 0 amide bonds. The fourth-order valence-corrected chi connectivity index (χ4v) is 2.91. The highest BCUT2D eigenvalue weighted by Gasteiger charge is 2.27. The summed E-state index contributed by atoms with van der Waals surface area (Å²) in [6.45, 7) is 0. The van der Waals surface area contributed by atoms with Crippen LogP contribution < -0.4 is 5.30 Å². The van der Waals surface area contributed by atoms with Crippen LogP contribution in [-0.2, 0) is 11.0 Å². The number of benzene rings is 2. The zero-order valence-electron chi connectivity index (χ0n) is 11.5. The van der Waals surface area contributed by atoms with Crippen LogP contribution in [0.3, 0.4) is 0 Å². The first-order valence-corrected chi connectivity index (χ1v) is 8.09. The number of ketones is 1. The maximum atomic E-state index is 12.2. The lowest BCUT2D eigenvalue weighted by atomic mass is 10.0. The molecule has 116 valence electrons. The van der Waals surface area contributed by atoms with E-state index >= 15 is 0 Å². The predicted molar refractivity (Wildman–Crippen MR) is 80.5 cm³/mol. The van der Waals surface area contributed by atoms with Crippen molar-refractivity contribution in [3.05, 3.63) is 53.6 Å². The van der Waals surface area contributed by atoms with Gasteiger partial charge in [-0.3, -0.25) is 9.36 Å². The van der Waals surface area contributed by atoms with Gasteiger partial charge in [0.15, 0.2) is 5.78 Å². The Morgan fingerprint density at radius 1 is 1.00 bits per heavy atom. The minimum Gasteiger partial charge on any atom is -0.508 e. The van der Waals surface area contributed by atoms with Crippen LogP contribution in [0.5, 0.6) is 11.5 Å². The minimum atomic E-state index is -4.65. The molecule has 2 aromatic rings. The molecule has 0 bridgehead atoms. The maximum absolute atomic E-state index is 12.2. The monoisotopic (exact) mass is 322 g/mol. The summed E-state index contributed by atoms with van der Waals surface area (Å²) in [4.78, 5) is 30.8. The summed E-state index contributed by atoms with van der Waals surface area (Å²) in [7, 11) is -4.65. The van der Waals surface area contributed by atoms with Crippen LogP contribution >= 0.6 is 7.60 Å². The van der Waals surface area contributed by atoms with Gasteiger partial charge in [0, 0.05) is 6.42 Å². The largest absolute Gasteiger partial charge is 0.508 e. The molecule has 7 heteroatoms. The van der Waals surface area contributed by atoms with Crippen LogP contribution in [0.4, 0.5) is 0 Å². The summed E-state index contributed by atoms with van der Waals surface area (Å²) in [6.07, 6.45) is 0.309. The summed E-state index contributed by atoms with van der Waals surface area (Å²) >= 11 is 0. The quantitative estimate of drug-likeness (QED) is 0.492. The molecular formula is C15H15O6P. The number of phenols is 2. The van der Waals surface area contributed by atoms with Crippen LogP contribution in [0, 0.1) is 0 Å². The molecular weight excluding hydrogens is 307 g/mol. The van der Waals surface area contributed by atoms with E-state index in [1.54, 1.807) is 12.1 Å². The number of carbonyl (C=O) groups excluding carboxylic acids is 1. The van der Waals surface area contributed by atoms with Crippen LogP contribution in [0.25, 0.3) is 0 Å². The van der Waals surface area contributed by atoms with Crippen LogP contribution in [0.2, 0.25) is 0 Å². The fourth-order valence-electron chi connectivity index (χ4n) is 2.10. The highest BCUT2D eigenvalue weighted by molar-refractivity contribution is 7.60. The Bertz CT molecular complexity index is 732. The number of aromatic hydroxyl groups is 2. The lowest BCUT2D eigenvalue weighted by Crippen LogP contribution is -2.16. The number of hydrogen-bond donors (Lipinski definition) is 4. The van der Waals surface area contributed by atoms with Crippen LogP contribution in [-0.4, -0.2) is 25.8 Å². The number of Topliss-reactive ketones (excluding diaryl/α,β-unsaturated/α-hetero) is 1. The molecule has 6 nitrogen and oxygen atoms in total. The van der Waals surface area contributed by atoms with Crippen molar-refractivity contribution >= 4 is 18.7 Å². The summed E-state index contributed by atoms with van der Waals surface area (Å²) in [5.41, 5.74) is 0.453. The molecule has 2 rings (SSSR count). The normalized spacial score (nSPS) is 11.4. The Morgan fingerprint density at radius 3 is 2.23 bits per heavy atom. The van der Waals surface area contributed by atoms with Crippen LogP contribution in [0.1, 0.15) is 22.3 Å². The van der Waals surface area contributed by atoms with Gasteiger partial charge in [-0.2, -0.15) is 0 Å². The number of hydrogen-bond acceptors (Lipinski definition) is 4. The summed E-state index contributed by atoms with van der Waals surface area (Å²) in [5.74, 6) is -0.888. The molecule has 0 unspecified atom stereocenters. The highest BCUT2D eigenvalue weighted by Crippen LogP contribution is 2.37. The van der Waals surface area contributed by atoms with E-state index in [0.717, 1.165) is 11.6 Å². The standard InChI is InChI=1S/C15H15O6P/c16-11-7-4-10(5-8-11)6-9-13(18)15-12(17)2-1-3-14(15)22(19,20)21/h1-5,7-8,16-17H,6,9H2,(H2,19,20,21). The Balaban J connectivity index is 2.23. The number of phenolic OH excluding ortho intramolecular Hbond substituents is 2. The van der Waals surface area contributed by atoms with Crippen molar-refractivity contribution in [3.8, 4) is 11.5 Å². The molecule has 0 saturated carbocycles. The van der Waals surface area contributed by atoms with E-state index < -0.39 is 24.4 Å². The van der Waals surface area contributed by atoms with E-state index in [1.165, 1.54) is 24.3 Å². The molecule has 0 saturated heterocycles. The molecule has 0 aliphatic heterocycles. The van der Waals surface area contributed by atoms with E-state index in [4.69, 9.17) is 0 Å². The summed E-state index contributed by atoms with van der Waals surface area (Å²) in [6, 6.07) is 9.90. The van der Waals surface area contributed by atoms with E-state index in [9.17, 15) is 29.4 Å². The smallest absolute Gasteiger partial charge is 0.357 e. The minimum absolute atomic E-state index is 0.0185. The Kier molecular flexibility index (Phi) is 4.66. The molecule has 0 heterocycles. The van der Waals surface area contributed by atoms with Gasteiger partial charge < -0.3 is 20.0 Å². The molecule has 0 aliphatic rings. The molecule has 0 spiro atoms. The lowest BCUT2D eigenvalue weighted by Gasteiger charge is -2.11. The van der Waals surface area contributed by atoms with E-state index in [1.807, 2.05) is 0 Å². The Labute approximate surface area is 126 Å². The second kappa shape index (κ2) is 6.32. The van der Waals surface area contributed by atoms with Crippen molar-refractivity contribution in [2.24, 2.45) is 0 Å². The second-order valence-electron chi connectivity index (χ2n) is 4.80. The third-order valence-corrected chi connectivity index (χ3v) is 4.19. The van der Waals surface area contributed by atoms with Crippen molar-refractivity contribution in [1.82, 2.24) is 0 Å². The zero-order chi connectivity index (χ0) is 16.3. The predicted octanol–water partition coefficient (Wildman–Crippen LogP) is 1.72. The average molecular weight is 322 g/mol. The molecule has 22 heavy (non-hydrogen) atoms. The van der Waals surface area contributed by atoms with Gasteiger partial charge >= 0.3 is 7.60 Å². The van der Waals surface area contributed by atoms with Crippen molar-refractivity contribution in [1.29, 1.82) is 0 Å². The van der Waals surface area contributed by atoms with E-state index in [2.05, 4.69) is 0 Å². The van der Waals surface area contributed by atoms with Crippen molar-refractivity contribution < 1.29 is 29.4 Å². The number of aryl methyl sites for hydroxylation is 1. The summed E-state index contributed by atoms with van der Waals surface area (Å²) < 4.78 is 11.4. The van der Waals surface area contributed by atoms with Gasteiger partial charge in [0.25, 0.3) is 0 Å². The third kappa shape index (κ3) is 3.74. The zero-order valence-corrected chi connectivity index (χ0v) is 12.4. The van der Waals surface area contributed by atoms with Crippen molar-refractivity contribution in [3.63, 3.8) is 0 Å². The molecule has 0 radical (unpaired) electrons. The van der Waals surface area contributed by atoms with Gasteiger partial charge in [0.2, 0.25) is 0 Å². The first-order chi connectivity index (χ1) is 10.3. The van der Waals surface area contributed by atoms with E-state index in [0.29, 0.717) is 6.42 Å². The highest BCUT2D eigenvalue weighted by atomic mass is 31.2. The van der Waals surface area contributed by atoms with Gasteiger partial charge in [-0.25, -0.2) is 0 Å². The first-order valence-electron chi connectivity index (χ1n) is 6.48. The maximum Gasteiger partial charge on any atom is 0.357 e. The second-order valence-corrected chi connectivity index (χ2v) is 6.37. The fraction of sp³-hybridized carbons (Fsp3) is 0.133. The first kappa shape index (κ1) is 16.2. The Morgan fingerprint density at radius 2 is 1.64 bits per heavy atom. The molecule has 0 atom stereocenters. The summed E-state index contributed by atoms with van der Waals surface area (Å²) in [5, 5.41) is 18.5. The van der Waals surface area contributed by atoms with E-state index in [-0.39, 0.29) is 17.7 Å². The third-order valence-electron chi connectivity index (χ3n) is 3.19. The van der Waals surface area contributed by atoms with Gasteiger partial charge in [-0.05, 0) is 36.2 Å². The molecule has 0 aromatic heterocycles. The van der Waals surface area contributed by atoms with Crippen molar-refractivity contribution in [2.75, 3.05) is 0 Å². The number of rotatable bonds is 5. The van der Waals surface area contributed by atoms with Gasteiger partial charge in [0.1, 0.15) is 11.5 Å². The van der Waals surface area contributed by atoms with Gasteiger partial charge in [-0.1, -0.05) is 18.2 Å². The molecule has 4 N–H and O–H groups in total. The van der Waals surface area contributed by atoms with Crippen LogP contribution in [0.15, 0.2) is 42.5 Å². The Hall–Kier alpha value is -2.14. The number of carbonyl (C=O) groups is 1.